The van der Waals surface area contributed by atoms with Gasteiger partial charge in [-0.05, 0) is 43.4 Å². The standard InChI is InChI=1S/C21H27N3O2S/c1-13(2)20(26)23-21-22-17(12-27-21)11-19(25)24-9-5-6-18(24)16-8-7-14(3)15(4)10-16/h7-8,10,12-13,18H,5-6,9,11H2,1-4H3,(H,22,23,26). The largest absolute Gasteiger partial charge is 0.335 e. The zero-order valence-electron chi connectivity index (χ0n) is 16.4. The van der Waals surface area contributed by atoms with Crippen LogP contribution in [-0.2, 0) is 16.0 Å². The zero-order valence-corrected chi connectivity index (χ0v) is 17.2. The Morgan fingerprint density at radius 2 is 2.07 bits per heavy atom. The fraction of sp³-hybridized carbons (Fsp3) is 0.476. The second kappa shape index (κ2) is 8.21. The average molecular weight is 386 g/mol. The van der Waals surface area contributed by atoms with E-state index in [0.29, 0.717) is 5.13 Å². The summed E-state index contributed by atoms with van der Waals surface area (Å²) in [6.07, 6.45) is 2.30. The highest BCUT2D eigenvalue weighted by atomic mass is 32.1. The van der Waals surface area contributed by atoms with Crippen LogP contribution in [0.3, 0.4) is 0 Å². The van der Waals surface area contributed by atoms with Gasteiger partial charge >= 0.3 is 0 Å². The van der Waals surface area contributed by atoms with Crippen molar-refractivity contribution in [2.75, 3.05) is 11.9 Å². The number of aryl methyl sites for hydroxylation is 2. The van der Waals surface area contributed by atoms with E-state index in [-0.39, 0.29) is 30.2 Å². The predicted octanol–water partition coefficient (Wildman–Crippen LogP) is 4.26. The minimum absolute atomic E-state index is 0.0587. The number of rotatable bonds is 5. The summed E-state index contributed by atoms with van der Waals surface area (Å²) in [5, 5.41) is 5.21. The second-order valence-corrected chi connectivity index (χ2v) is 8.41. The van der Waals surface area contributed by atoms with Gasteiger partial charge in [-0.25, -0.2) is 4.98 Å². The number of amides is 2. The fourth-order valence-corrected chi connectivity index (χ4v) is 4.05. The third-order valence-electron chi connectivity index (χ3n) is 5.13. The highest BCUT2D eigenvalue weighted by Crippen LogP contribution is 2.33. The first-order valence-electron chi connectivity index (χ1n) is 9.47. The number of thiazole rings is 1. The molecular weight excluding hydrogens is 358 g/mol. The highest BCUT2D eigenvalue weighted by molar-refractivity contribution is 7.13. The van der Waals surface area contributed by atoms with Gasteiger partial charge in [-0.15, -0.1) is 11.3 Å². The van der Waals surface area contributed by atoms with Crippen molar-refractivity contribution < 1.29 is 9.59 Å². The van der Waals surface area contributed by atoms with E-state index in [1.54, 1.807) is 0 Å². The lowest BCUT2D eigenvalue weighted by Gasteiger charge is -2.25. The van der Waals surface area contributed by atoms with Crippen molar-refractivity contribution in [1.82, 2.24) is 9.88 Å². The van der Waals surface area contributed by atoms with Crippen LogP contribution >= 0.6 is 11.3 Å². The predicted molar refractivity (Wildman–Crippen MR) is 109 cm³/mol. The molecule has 1 aliphatic heterocycles. The topological polar surface area (TPSA) is 62.3 Å². The summed E-state index contributed by atoms with van der Waals surface area (Å²) in [4.78, 5) is 31.1. The van der Waals surface area contributed by atoms with Crippen molar-refractivity contribution in [2.24, 2.45) is 5.92 Å². The van der Waals surface area contributed by atoms with Gasteiger partial charge in [0.15, 0.2) is 5.13 Å². The van der Waals surface area contributed by atoms with Crippen LogP contribution in [0.1, 0.15) is 55.1 Å². The van der Waals surface area contributed by atoms with Crippen LogP contribution in [0.2, 0.25) is 0 Å². The van der Waals surface area contributed by atoms with Gasteiger partial charge in [0.25, 0.3) is 0 Å². The van der Waals surface area contributed by atoms with E-state index >= 15 is 0 Å². The molecule has 0 spiro atoms. The van der Waals surface area contributed by atoms with Crippen molar-refractivity contribution in [2.45, 2.75) is 53.0 Å². The van der Waals surface area contributed by atoms with Gasteiger partial charge in [0, 0.05) is 17.8 Å². The molecule has 1 saturated heterocycles. The normalized spacial score (nSPS) is 16.8. The Morgan fingerprint density at radius 1 is 1.30 bits per heavy atom. The Bertz CT molecular complexity index is 844. The summed E-state index contributed by atoms with van der Waals surface area (Å²) in [6, 6.07) is 6.63. The molecule has 0 radical (unpaired) electrons. The Balaban J connectivity index is 1.67. The van der Waals surface area contributed by atoms with E-state index in [9.17, 15) is 9.59 Å². The first-order valence-corrected chi connectivity index (χ1v) is 10.3. The van der Waals surface area contributed by atoms with Crippen LogP contribution in [0.25, 0.3) is 0 Å². The van der Waals surface area contributed by atoms with E-state index in [1.165, 1.54) is 28.0 Å². The highest BCUT2D eigenvalue weighted by Gasteiger charge is 2.30. The smallest absolute Gasteiger partial charge is 0.229 e. The van der Waals surface area contributed by atoms with Gasteiger partial charge in [0.1, 0.15) is 0 Å². The number of carbonyl (C=O) groups excluding carboxylic acids is 2. The number of aromatic nitrogens is 1. The maximum atomic E-state index is 12.9. The van der Waals surface area contributed by atoms with Gasteiger partial charge in [0.2, 0.25) is 11.8 Å². The minimum Gasteiger partial charge on any atom is -0.335 e. The van der Waals surface area contributed by atoms with E-state index in [1.807, 2.05) is 24.1 Å². The van der Waals surface area contributed by atoms with Crippen LogP contribution < -0.4 is 5.32 Å². The summed E-state index contributed by atoms with van der Waals surface area (Å²) in [5.41, 5.74) is 4.46. The maximum Gasteiger partial charge on any atom is 0.229 e. The lowest BCUT2D eigenvalue weighted by molar-refractivity contribution is -0.131. The summed E-state index contributed by atoms with van der Waals surface area (Å²) in [7, 11) is 0. The number of anilines is 1. The zero-order chi connectivity index (χ0) is 19.6. The molecule has 6 heteroatoms. The summed E-state index contributed by atoms with van der Waals surface area (Å²) in [5.74, 6) is -0.0540. The molecule has 0 saturated carbocycles. The van der Waals surface area contributed by atoms with Crippen molar-refractivity contribution in [3.63, 3.8) is 0 Å². The molecule has 1 atom stereocenters. The molecule has 1 aromatic heterocycles. The molecule has 0 bridgehead atoms. The van der Waals surface area contributed by atoms with Gasteiger partial charge in [-0.3, -0.25) is 9.59 Å². The number of hydrogen-bond donors (Lipinski definition) is 1. The van der Waals surface area contributed by atoms with Gasteiger partial charge in [-0.1, -0.05) is 32.0 Å². The van der Waals surface area contributed by atoms with Gasteiger partial charge in [-0.2, -0.15) is 0 Å². The summed E-state index contributed by atoms with van der Waals surface area (Å²) in [6.45, 7) is 8.69. The molecule has 5 nitrogen and oxygen atoms in total. The molecule has 2 heterocycles. The van der Waals surface area contributed by atoms with E-state index in [2.05, 4.69) is 42.3 Å². The SMILES string of the molecule is Cc1ccc(C2CCCN2C(=O)Cc2csc(NC(=O)C(C)C)n2)cc1C. The molecule has 2 amide bonds. The van der Waals surface area contributed by atoms with Crippen LogP contribution in [0.4, 0.5) is 5.13 Å². The van der Waals surface area contributed by atoms with E-state index in [4.69, 9.17) is 0 Å². The summed E-state index contributed by atoms with van der Waals surface area (Å²) < 4.78 is 0. The number of nitrogens with one attached hydrogen (secondary N) is 1. The lowest BCUT2D eigenvalue weighted by Crippen LogP contribution is -2.32. The second-order valence-electron chi connectivity index (χ2n) is 7.55. The molecule has 27 heavy (non-hydrogen) atoms. The molecule has 2 aromatic rings. The molecule has 1 N–H and O–H groups in total. The van der Waals surface area contributed by atoms with Crippen molar-refractivity contribution >= 4 is 28.3 Å². The van der Waals surface area contributed by atoms with Crippen molar-refractivity contribution in [1.29, 1.82) is 0 Å². The van der Waals surface area contributed by atoms with E-state index in [0.717, 1.165) is 25.1 Å². The van der Waals surface area contributed by atoms with Gasteiger partial charge < -0.3 is 10.2 Å². The van der Waals surface area contributed by atoms with Crippen molar-refractivity contribution in [3.05, 3.63) is 46.0 Å². The van der Waals surface area contributed by atoms with Crippen LogP contribution in [-0.4, -0.2) is 28.2 Å². The third-order valence-corrected chi connectivity index (χ3v) is 5.93. The Morgan fingerprint density at radius 3 is 2.78 bits per heavy atom. The number of carbonyl (C=O) groups is 2. The number of nitrogens with zero attached hydrogens (tertiary/aromatic N) is 2. The molecular formula is C21H27N3O2S. The number of benzene rings is 1. The molecule has 1 fully saturated rings. The first-order chi connectivity index (χ1) is 12.8. The van der Waals surface area contributed by atoms with Crippen LogP contribution in [0, 0.1) is 19.8 Å². The molecule has 1 aliphatic rings. The number of likely N-dealkylation sites (tertiary alicyclic amines) is 1. The van der Waals surface area contributed by atoms with Crippen molar-refractivity contribution in [3.8, 4) is 0 Å². The maximum absolute atomic E-state index is 12.9. The van der Waals surface area contributed by atoms with E-state index < -0.39 is 0 Å². The molecule has 3 rings (SSSR count). The molecule has 0 aliphatic carbocycles. The molecule has 144 valence electrons. The Kier molecular flexibility index (Phi) is 5.95. The Hall–Kier alpha value is -2.21. The van der Waals surface area contributed by atoms with Gasteiger partial charge in [0.05, 0.1) is 18.2 Å². The third kappa shape index (κ3) is 4.56. The van der Waals surface area contributed by atoms with Crippen LogP contribution in [0.15, 0.2) is 23.6 Å². The fourth-order valence-electron chi connectivity index (χ4n) is 3.34. The minimum atomic E-state index is -0.0951. The average Bonchev–Trinajstić information content (AvgIpc) is 3.26. The number of hydrogen-bond acceptors (Lipinski definition) is 4. The molecule has 1 aromatic carbocycles. The summed E-state index contributed by atoms with van der Waals surface area (Å²) >= 11 is 1.37. The Labute approximate surface area is 164 Å². The van der Waals surface area contributed by atoms with Crippen LogP contribution in [0.5, 0.6) is 0 Å². The monoisotopic (exact) mass is 385 g/mol. The quantitative estimate of drug-likeness (QED) is 0.836. The lowest BCUT2D eigenvalue weighted by atomic mass is 9.99. The first kappa shape index (κ1) is 19.5. The molecule has 1 unspecified atom stereocenters.